The molecule has 1 aromatic heterocycles. The fourth-order valence-corrected chi connectivity index (χ4v) is 1.99. The Morgan fingerprint density at radius 1 is 1.05 bits per heavy atom. The van der Waals surface area contributed by atoms with E-state index in [1.165, 1.54) is 0 Å². The van der Waals surface area contributed by atoms with E-state index in [2.05, 4.69) is 26.2 Å². The van der Waals surface area contributed by atoms with Gasteiger partial charge in [-0.05, 0) is 36.4 Å². The van der Waals surface area contributed by atoms with Gasteiger partial charge in [-0.25, -0.2) is 4.79 Å². The van der Waals surface area contributed by atoms with Crippen LogP contribution in [-0.2, 0) is 0 Å². The summed E-state index contributed by atoms with van der Waals surface area (Å²) in [7, 11) is 0. The zero-order chi connectivity index (χ0) is 13.2. The minimum absolute atomic E-state index is 0.186. The fraction of sp³-hybridized carbons (Fsp3) is 0. The third kappa shape index (κ3) is 2.51. The number of fused-ring (bicyclic) bond motifs is 1. The molecule has 94 valence electrons. The van der Waals surface area contributed by atoms with E-state index in [1.54, 1.807) is 18.2 Å². The zero-order valence-electron chi connectivity index (χ0n) is 9.76. The Bertz CT molecular complexity index is 781. The minimum Gasteiger partial charge on any atom is -0.388 e. The molecule has 0 spiro atoms. The van der Waals surface area contributed by atoms with Crippen molar-refractivity contribution in [3.05, 3.63) is 63.4 Å². The van der Waals surface area contributed by atoms with Gasteiger partial charge in [0.05, 0.1) is 10.9 Å². The largest absolute Gasteiger partial charge is 0.388 e. The summed E-state index contributed by atoms with van der Waals surface area (Å²) in [6.07, 6.45) is 0. The summed E-state index contributed by atoms with van der Waals surface area (Å²) in [6.45, 7) is 0. The van der Waals surface area contributed by atoms with Crippen molar-refractivity contribution in [2.24, 2.45) is 0 Å². The maximum atomic E-state index is 11.8. The Labute approximate surface area is 117 Å². The lowest BCUT2D eigenvalue weighted by molar-refractivity contribution is 0.522. The standard InChI is InChI=1S/C14H9BrN2O2/c15-9-5-7-10(8-6-9)16-14-17-12-4-2-1-3-11(12)13(18)19-14/h1-8H,(H,16,17). The van der Waals surface area contributed by atoms with Crippen LogP contribution in [0.1, 0.15) is 0 Å². The van der Waals surface area contributed by atoms with Crippen molar-refractivity contribution >= 4 is 38.5 Å². The van der Waals surface area contributed by atoms with Gasteiger partial charge in [-0.15, -0.1) is 0 Å². The number of nitrogens with zero attached hydrogens (tertiary/aromatic N) is 1. The molecule has 3 rings (SSSR count). The van der Waals surface area contributed by atoms with Gasteiger partial charge in [-0.1, -0.05) is 28.1 Å². The molecular weight excluding hydrogens is 308 g/mol. The molecule has 5 heteroatoms. The molecule has 0 aliphatic rings. The summed E-state index contributed by atoms with van der Waals surface area (Å²) in [4.78, 5) is 16.1. The van der Waals surface area contributed by atoms with Crippen molar-refractivity contribution in [1.29, 1.82) is 0 Å². The molecule has 1 N–H and O–H groups in total. The molecule has 19 heavy (non-hydrogen) atoms. The number of para-hydroxylation sites is 1. The highest BCUT2D eigenvalue weighted by atomic mass is 79.9. The Morgan fingerprint density at radius 2 is 1.79 bits per heavy atom. The van der Waals surface area contributed by atoms with Crippen LogP contribution in [0.15, 0.2) is 62.2 Å². The Kier molecular flexibility index (Phi) is 3.05. The number of hydrogen-bond acceptors (Lipinski definition) is 4. The Balaban J connectivity index is 2.01. The van der Waals surface area contributed by atoms with Crippen LogP contribution in [0.5, 0.6) is 0 Å². The SMILES string of the molecule is O=c1oc(Nc2ccc(Br)cc2)nc2ccccc12. The number of benzene rings is 2. The van der Waals surface area contributed by atoms with Gasteiger partial charge in [0.25, 0.3) is 0 Å². The lowest BCUT2D eigenvalue weighted by Gasteiger charge is -2.04. The van der Waals surface area contributed by atoms with Crippen LogP contribution < -0.4 is 10.9 Å². The first-order valence-corrected chi connectivity index (χ1v) is 6.44. The number of anilines is 2. The number of aromatic nitrogens is 1. The Hall–Kier alpha value is -2.14. The first-order valence-electron chi connectivity index (χ1n) is 5.65. The van der Waals surface area contributed by atoms with Crippen molar-refractivity contribution in [1.82, 2.24) is 4.98 Å². The molecule has 0 aliphatic carbocycles. The van der Waals surface area contributed by atoms with E-state index in [9.17, 15) is 4.79 Å². The van der Waals surface area contributed by atoms with Crippen molar-refractivity contribution < 1.29 is 4.42 Å². The second kappa shape index (κ2) is 4.85. The maximum Gasteiger partial charge on any atom is 0.348 e. The molecule has 0 radical (unpaired) electrons. The van der Waals surface area contributed by atoms with Crippen LogP contribution in [0.2, 0.25) is 0 Å². The molecule has 4 nitrogen and oxygen atoms in total. The van der Waals surface area contributed by atoms with E-state index >= 15 is 0 Å². The second-order valence-corrected chi connectivity index (χ2v) is 4.87. The summed E-state index contributed by atoms with van der Waals surface area (Å²) in [6, 6.07) is 14.8. The monoisotopic (exact) mass is 316 g/mol. The van der Waals surface area contributed by atoms with Gasteiger partial charge in [0, 0.05) is 10.2 Å². The molecule has 0 saturated heterocycles. The van der Waals surface area contributed by atoms with Crippen LogP contribution in [0.25, 0.3) is 10.9 Å². The molecule has 0 aliphatic heterocycles. The lowest BCUT2D eigenvalue weighted by Crippen LogP contribution is -2.04. The molecule has 0 unspecified atom stereocenters. The van der Waals surface area contributed by atoms with Crippen molar-refractivity contribution in [3.8, 4) is 0 Å². The van der Waals surface area contributed by atoms with Crippen LogP contribution in [0.3, 0.4) is 0 Å². The Morgan fingerprint density at radius 3 is 2.58 bits per heavy atom. The summed E-state index contributed by atoms with van der Waals surface area (Å²) in [5.74, 6) is 0. The van der Waals surface area contributed by atoms with Gasteiger partial charge >= 0.3 is 11.6 Å². The summed E-state index contributed by atoms with van der Waals surface area (Å²) in [5.41, 5.74) is 1.01. The van der Waals surface area contributed by atoms with E-state index in [0.717, 1.165) is 10.2 Å². The summed E-state index contributed by atoms with van der Waals surface area (Å²) >= 11 is 3.36. The summed E-state index contributed by atoms with van der Waals surface area (Å²) in [5, 5.41) is 3.44. The third-order valence-electron chi connectivity index (χ3n) is 2.63. The predicted molar refractivity (Wildman–Crippen MR) is 77.7 cm³/mol. The number of halogens is 1. The number of nitrogens with one attached hydrogen (secondary N) is 1. The van der Waals surface area contributed by atoms with Gasteiger partial charge < -0.3 is 9.73 Å². The molecule has 0 saturated carbocycles. The molecule has 3 aromatic rings. The number of rotatable bonds is 2. The normalized spacial score (nSPS) is 10.6. The molecule has 0 bridgehead atoms. The highest BCUT2D eigenvalue weighted by molar-refractivity contribution is 9.10. The van der Waals surface area contributed by atoms with Crippen LogP contribution >= 0.6 is 15.9 Å². The van der Waals surface area contributed by atoms with Gasteiger partial charge in [0.15, 0.2) is 0 Å². The lowest BCUT2D eigenvalue weighted by atomic mass is 10.2. The van der Waals surface area contributed by atoms with Gasteiger partial charge in [-0.3, -0.25) is 0 Å². The molecule has 0 amide bonds. The molecule has 0 fully saturated rings. The molecular formula is C14H9BrN2O2. The van der Waals surface area contributed by atoms with Crippen molar-refractivity contribution in [2.75, 3.05) is 5.32 Å². The van der Waals surface area contributed by atoms with Crippen molar-refractivity contribution in [3.63, 3.8) is 0 Å². The van der Waals surface area contributed by atoms with E-state index < -0.39 is 5.63 Å². The van der Waals surface area contributed by atoms with Crippen LogP contribution in [0, 0.1) is 0 Å². The van der Waals surface area contributed by atoms with Gasteiger partial charge in [0.1, 0.15) is 0 Å². The summed E-state index contributed by atoms with van der Waals surface area (Å²) < 4.78 is 6.11. The molecule has 2 aromatic carbocycles. The number of hydrogen-bond donors (Lipinski definition) is 1. The van der Waals surface area contributed by atoms with Crippen LogP contribution in [-0.4, -0.2) is 4.98 Å². The highest BCUT2D eigenvalue weighted by Gasteiger charge is 2.05. The topological polar surface area (TPSA) is 55.1 Å². The maximum absolute atomic E-state index is 11.8. The van der Waals surface area contributed by atoms with E-state index in [0.29, 0.717) is 10.9 Å². The highest BCUT2D eigenvalue weighted by Crippen LogP contribution is 2.18. The smallest absolute Gasteiger partial charge is 0.348 e. The van der Waals surface area contributed by atoms with Crippen molar-refractivity contribution in [2.45, 2.75) is 0 Å². The first-order chi connectivity index (χ1) is 9.22. The van der Waals surface area contributed by atoms with E-state index in [1.807, 2.05) is 30.3 Å². The molecule has 0 atom stereocenters. The van der Waals surface area contributed by atoms with Gasteiger partial charge in [0.2, 0.25) is 0 Å². The zero-order valence-corrected chi connectivity index (χ0v) is 11.3. The average Bonchev–Trinajstić information content (AvgIpc) is 2.42. The quantitative estimate of drug-likeness (QED) is 0.783. The van der Waals surface area contributed by atoms with E-state index in [4.69, 9.17) is 4.42 Å². The van der Waals surface area contributed by atoms with Gasteiger partial charge in [-0.2, -0.15) is 4.98 Å². The minimum atomic E-state index is -0.398. The first kappa shape index (κ1) is 11.9. The fourth-order valence-electron chi connectivity index (χ4n) is 1.73. The predicted octanol–water partition coefficient (Wildman–Crippen LogP) is 3.69. The van der Waals surface area contributed by atoms with E-state index in [-0.39, 0.29) is 6.01 Å². The third-order valence-corrected chi connectivity index (χ3v) is 3.16. The second-order valence-electron chi connectivity index (χ2n) is 3.96. The molecule has 1 heterocycles. The van der Waals surface area contributed by atoms with Crippen LogP contribution in [0.4, 0.5) is 11.7 Å². The average molecular weight is 317 g/mol.